The molecule has 0 spiro atoms. The van der Waals surface area contributed by atoms with E-state index in [2.05, 4.69) is 4.74 Å². The monoisotopic (exact) mass is 130 g/mol. The van der Waals surface area contributed by atoms with E-state index in [9.17, 15) is 9.59 Å². The first-order valence-corrected chi connectivity index (χ1v) is 2.52. The van der Waals surface area contributed by atoms with Gasteiger partial charge in [0.25, 0.3) is 5.78 Å². The van der Waals surface area contributed by atoms with E-state index in [1.165, 1.54) is 0 Å². The van der Waals surface area contributed by atoms with Gasteiger partial charge in [0.2, 0.25) is 0 Å². The van der Waals surface area contributed by atoms with Crippen LogP contribution in [0.5, 0.6) is 0 Å². The number of ether oxygens (including phenoxy) is 1. The number of carboxylic acids is 1. The van der Waals surface area contributed by atoms with E-state index < -0.39 is 11.8 Å². The molecular weight excluding hydrogens is 123 g/mol. The minimum Gasteiger partial charge on any atom is -0.475 e. The zero-order valence-corrected chi connectivity index (χ0v) is 5.09. The molecular formula is C4H7BO4. The number of carbonyl (C=O) groups is 2. The van der Waals surface area contributed by atoms with Crippen molar-refractivity contribution < 1.29 is 19.4 Å². The van der Waals surface area contributed by atoms with E-state index in [1.54, 1.807) is 7.85 Å². The number of hydrogen-bond donors (Lipinski definition) is 1. The summed E-state index contributed by atoms with van der Waals surface area (Å²) in [6, 6.07) is 0. The lowest BCUT2D eigenvalue weighted by Crippen LogP contribution is -2.19. The Labute approximate surface area is 53.2 Å². The molecule has 0 fully saturated rings. The molecule has 0 heterocycles. The van der Waals surface area contributed by atoms with Crippen LogP contribution in [0.1, 0.15) is 0 Å². The van der Waals surface area contributed by atoms with Crippen molar-refractivity contribution in [2.24, 2.45) is 0 Å². The molecule has 9 heavy (non-hydrogen) atoms. The number of rotatable bonds is 4. The fourth-order valence-corrected chi connectivity index (χ4v) is 0.256. The predicted octanol–water partition coefficient (Wildman–Crippen LogP) is -1.75. The first-order valence-electron chi connectivity index (χ1n) is 2.52. The topological polar surface area (TPSA) is 63.6 Å². The molecule has 0 unspecified atom stereocenters. The highest BCUT2D eigenvalue weighted by molar-refractivity contribution is 6.33. The van der Waals surface area contributed by atoms with Crippen LogP contribution in [0.4, 0.5) is 0 Å². The van der Waals surface area contributed by atoms with Gasteiger partial charge in [-0.3, -0.25) is 4.79 Å². The standard InChI is InChI=1S/C4H7BO4/c5-2-9-1-3(6)4(7)8/h1-2,5H2,(H,7,8). The first kappa shape index (κ1) is 8.16. The predicted molar refractivity (Wildman–Crippen MR) is 32.0 cm³/mol. The zero-order valence-electron chi connectivity index (χ0n) is 5.09. The second-order valence-electron chi connectivity index (χ2n) is 1.37. The van der Waals surface area contributed by atoms with Gasteiger partial charge in [-0.2, -0.15) is 0 Å². The van der Waals surface area contributed by atoms with Crippen molar-refractivity contribution >= 4 is 19.6 Å². The number of aliphatic carboxylic acids is 1. The molecule has 50 valence electrons. The van der Waals surface area contributed by atoms with Crippen LogP contribution in [0.2, 0.25) is 0 Å². The average molecular weight is 130 g/mol. The quantitative estimate of drug-likeness (QED) is 0.362. The Balaban J connectivity index is 3.39. The number of Topliss-reactive ketones (excluding diaryl/α,β-unsaturated/α-hetero) is 1. The molecule has 0 amide bonds. The Morgan fingerprint density at radius 2 is 2.11 bits per heavy atom. The molecule has 0 bridgehead atoms. The molecule has 0 aliphatic carbocycles. The van der Waals surface area contributed by atoms with Gasteiger partial charge in [-0.25, -0.2) is 4.79 Å². The van der Waals surface area contributed by atoms with Crippen molar-refractivity contribution in [3.05, 3.63) is 0 Å². The molecule has 0 aromatic heterocycles. The maximum absolute atomic E-state index is 10.2. The smallest absolute Gasteiger partial charge is 0.374 e. The van der Waals surface area contributed by atoms with Crippen LogP contribution in [-0.2, 0) is 14.3 Å². The summed E-state index contributed by atoms with van der Waals surface area (Å²) < 4.78 is 4.53. The Morgan fingerprint density at radius 3 is 2.44 bits per heavy atom. The van der Waals surface area contributed by atoms with Crippen LogP contribution < -0.4 is 0 Å². The Kier molecular flexibility index (Phi) is 3.71. The second kappa shape index (κ2) is 4.08. The van der Waals surface area contributed by atoms with Crippen LogP contribution in [0.15, 0.2) is 0 Å². The molecule has 4 nitrogen and oxygen atoms in total. The van der Waals surface area contributed by atoms with Crippen LogP contribution in [0.3, 0.4) is 0 Å². The molecule has 0 aromatic carbocycles. The maximum atomic E-state index is 10.2. The van der Waals surface area contributed by atoms with Gasteiger partial charge in [0, 0.05) is 6.51 Å². The van der Waals surface area contributed by atoms with E-state index in [1.807, 2.05) is 0 Å². The minimum absolute atomic E-state index is 0.328. The van der Waals surface area contributed by atoms with Crippen molar-refractivity contribution in [1.29, 1.82) is 0 Å². The van der Waals surface area contributed by atoms with Gasteiger partial charge in [-0.1, -0.05) is 0 Å². The minimum atomic E-state index is -1.44. The third-order valence-corrected chi connectivity index (χ3v) is 0.676. The lowest BCUT2D eigenvalue weighted by molar-refractivity contribution is -0.150. The molecule has 1 N–H and O–H groups in total. The Bertz CT molecular complexity index is 122. The molecule has 5 heteroatoms. The Hall–Kier alpha value is -0.835. The van der Waals surface area contributed by atoms with Crippen molar-refractivity contribution in [2.45, 2.75) is 0 Å². The number of carboxylic acid groups (broad SMARTS) is 1. The van der Waals surface area contributed by atoms with Crippen molar-refractivity contribution in [2.75, 3.05) is 13.1 Å². The van der Waals surface area contributed by atoms with Crippen molar-refractivity contribution in [3.63, 3.8) is 0 Å². The summed E-state index contributed by atoms with van der Waals surface area (Å²) in [6.45, 7) is 0.0326. The third-order valence-electron chi connectivity index (χ3n) is 0.676. The summed E-state index contributed by atoms with van der Waals surface area (Å²) >= 11 is 0. The van der Waals surface area contributed by atoms with E-state index in [0.717, 1.165) is 0 Å². The highest BCUT2D eigenvalue weighted by atomic mass is 16.5. The molecule has 0 aromatic rings. The molecule has 0 aliphatic heterocycles. The van der Waals surface area contributed by atoms with Gasteiger partial charge in [0.05, 0.1) is 0 Å². The van der Waals surface area contributed by atoms with Crippen LogP contribution in [0.25, 0.3) is 0 Å². The van der Waals surface area contributed by atoms with Crippen molar-refractivity contribution in [1.82, 2.24) is 0 Å². The van der Waals surface area contributed by atoms with E-state index >= 15 is 0 Å². The largest absolute Gasteiger partial charge is 0.475 e. The average Bonchev–Trinajstić information content (AvgIpc) is 1.82. The number of ketones is 1. The first-order chi connectivity index (χ1) is 4.18. The van der Waals surface area contributed by atoms with Gasteiger partial charge in [0.1, 0.15) is 14.5 Å². The summed E-state index contributed by atoms with van der Waals surface area (Å²) in [4.78, 5) is 20.0. The summed E-state index contributed by atoms with van der Waals surface area (Å²) in [7, 11) is 1.69. The summed E-state index contributed by atoms with van der Waals surface area (Å²) in [5.74, 6) is -2.35. The number of hydrogen-bond acceptors (Lipinski definition) is 3. The van der Waals surface area contributed by atoms with Crippen molar-refractivity contribution in [3.8, 4) is 0 Å². The van der Waals surface area contributed by atoms with E-state index in [0.29, 0.717) is 6.51 Å². The molecule has 0 radical (unpaired) electrons. The molecule has 0 saturated heterocycles. The van der Waals surface area contributed by atoms with Gasteiger partial charge in [0.15, 0.2) is 0 Å². The van der Waals surface area contributed by atoms with E-state index in [-0.39, 0.29) is 6.61 Å². The van der Waals surface area contributed by atoms with Gasteiger partial charge in [-0.15, -0.1) is 0 Å². The maximum Gasteiger partial charge on any atom is 0.374 e. The lowest BCUT2D eigenvalue weighted by Gasteiger charge is -1.93. The SMILES string of the molecule is BCOCC(=O)C(=O)O. The van der Waals surface area contributed by atoms with Gasteiger partial charge >= 0.3 is 5.97 Å². The molecule has 0 aliphatic rings. The summed E-state index contributed by atoms with van der Waals surface area (Å²) in [5, 5.41) is 7.98. The van der Waals surface area contributed by atoms with Crippen LogP contribution >= 0.6 is 0 Å². The van der Waals surface area contributed by atoms with E-state index in [4.69, 9.17) is 5.11 Å². The van der Waals surface area contributed by atoms with Crippen LogP contribution in [0, 0.1) is 0 Å². The molecule has 0 rings (SSSR count). The summed E-state index contributed by atoms with van der Waals surface area (Å²) in [6.07, 6.45) is 0. The molecule has 0 atom stereocenters. The molecule has 0 saturated carbocycles. The lowest BCUT2D eigenvalue weighted by atomic mass is 10.2. The van der Waals surface area contributed by atoms with Crippen LogP contribution in [-0.4, -0.2) is 37.8 Å². The highest BCUT2D eigenvalue weighted by Crippen LogP contribution is 1.74. The normalized spacial score (nSPS) is 8.89. The second-order valence-corrected chi connectivity index (χ2v) is 1.37. The highest BCUT2D eigenvalue weighted by Gasteiger charge is 2.09. The number of carbonyl (C=O) groups excluding carboxylic acids is 1. The fraction of sp³-hybridized carbons (Fsp3) is 0.500. The van der Waals surface area contributed by atoms with Gasteiger partial charge < -0.3 is 9.84 Å². The Morgan fingerprint density at radius 1 is 1.56 bits per heavy atom. The summed E-state index contributed by atoms with van der Waals surface area (Å²) in [5.41, 5.74) is 0. The third kappa shape index (κ3) is 3.72. The zero-order chi connectivity index (χ0) is 7.28. The van der Waals surface area contributed by atoms with Gasteiger partial charge in [-0.05, 0) is 0 Å². The fourth-order valence-electron chi connectivity index (χ4n) is 0.256.